The molecule has 2 aromatic carbocycles. The fourth-order valence-electron chi connectivity index (χ4n) is 6.64. The van der Waals surface area contributed by atoms with Gasteiger partial charge in [-0.2, -0.15) is 0 Å². The highest BCUT2D eigenvalue weighted by atomic mass is 16.8. The molecule has 0 saturated carbocycles. The topological polar surface area (TPSA) is 27.7 Å². The van der Waals surface area contributed by atoms with Crippen LogP contribution in [0.15, 0.2) is 60.7 Å². The van der Waals surface area contributed by atoms with Gasteiger partial charge in [-0.3, -0.25) is 0 Å². The summed E-state index contributed by atoms with van der Waals surface area (Å²) in [5.41, 5.74) is 1.18. The van der Waals surface area contributed by atoms with E-state index in [1.807, 2.05) is 0 Å². The van der Waals surface area contributed by atoms with E-state index in [0.29, 0.717) is 12.8 Å². The van der Waals surface area contributed by atoms with E-state index in [1.165, 1.54) is 11.1 Å². The summed E-state index contributed by atoms with van der Waals surface area (Å²) < 4.78 is 19.8. The predicted octanol–water partition coefficient (Wildman–Crippen LogP) is 4.79. The van der Waals surface area contributed by atoms with Crippen LogP contribution in [0, 0.1) is 0 Å². The van der Waals surface area contributed by atoms with Crippen LogP contribution in [0.25, 0.3) is 0 Å². The Morgan fingerprint density at radius 1 is 0.577 bits per heavy atom. The van der Waals surface area contributed by atoms with Crippen molar-refractivity contribution in [1.29, 1.82) is 0 Å². The van der Waals surface area contributed by atoms with Crippen LogP contribution in [-0.4, -0.2) is 22.8 Å². The third kappa shape index (κ3) is 1.84. The molecule has 4 aliphatic heterocycles. The summed E-state index contributed by atoms with van der Waals surface area (Å²) in [6.45, 7) is 8.60. The first-order chi connectivity index (χ1) is 12.2. The van der Waals surface area contributed by atoms with Crippen molar-refractivity contribution in [3.63, 3.8) is 0 Å². The van der Waals surface area contributed by atoms with Gasteiger partial charge in [0, 0.05) is 12.8 Å². The first kappa shape index (κ1) is 16.5. The molecule has 4 unspecified atom stereocenters. The van der Waals surface area contributed by atoms with Gasteiger partial charge in [0.25, 0.3) is 0 Å². The van der Waals surface area contributed by atoms with Crippen LogP contribution in [-0.2, 0) is 19.6 Å². The van der Waals surface area contributed by atoms with Gasteiger partial charge < -0.3 is 14.2 Å². The van der Waals surface area contributed by atoms with Crippen molar-refractivity contribution >= 4 is 0 Å². The quantitative estimate of drug-likeness (QED) is 0.779. The lowest BCUT2D eigenvalue weighted by atomic mass is 9.49. The van der Waals surface area contributed by atoms with Crippen molar-refractivity contribution in [3.8, 4) is 0 Å². The van der Waals surface area contributed by atoms with Crippen molar-refractivity contribution in [2.24, 2.45) is 0 Å². The molecule has 136 valence electrons. The second-order valence-electron chi connectivity index (χ2n) is 8.87. The maximum absolute atomic E-state index is 6.75. The van der Waals surface area contributed by atoms with Gasteiger partial charge in [-0.05, 0) is 38.8 Å². The Bertz CT molecular complexity index is 759. The van der Waals surface area contributed by atoms with Crippen LogP contribution in [0.1, 0.15) is 51.7 Å². The molecule has 4 heterocycles. The van der Waals surface area contributed by atoms with Gasteiger partial charge in [0.1, 0.15) is 0 Å². The number of ether oxygens (including phenoxy) is 3. The van der Waals surface area contributed by atoms with E-state index in [2.05, 4.69) is 88.4 Å². The first-order valence-electron chi connectivity index (χ1n) is 9.46. The van der Waals surface area contributed by atoms with E-state index in [1.54, 1.807) is 0 Å². The Balaban J connectivity index is 1.86. The standard InChI is InChI=1S/C23H26O3/c1-19-15-21(3)25-20(2,16-22(4,24-19)26-21)23(19,17-11-7-5-8-12-17)18-13-9-6-10-14-18/h5-14H,15-16H2,1-4H3. The van der Waals surface area contributed by atoms with E-state index >= 15 is 0 Å². The summed E-state index contributed by atoms with van der Waals surface area (Å²) >= 11 is 0. The minimum Gasteiger partial charge on any atom is -0.342 e. The average Bonchev–Trinajstić information content (AvgIpc) is 2.52. The fourth-order valence-corrected chi connectivity index (χ4v) is 6.64. The zero-order valence-electron chi connectivity index (χ0n) is 15.9. The minimum atomic E-state index is -0.623. The lowest BCUT2D eigenvalue weighted by molar-refractivity contribution is -0.529. The molecule has 2 aromatic rings. The van der Waals surface area contributed by atoms with Gasteiger partial charge in [0.05, 0.1) is 16.6 Å². The lowest BCUT2D eigenvalue weighted by Crippen LogP contribution is -2.83. The summed E-state index contributed by atoms with van der Waals surface area (Å²) in [7, 11) is 0. The van der Waals surface area contributed by atoms with Gasteiger partial charge in [0.2, 0.25) is 0 Å². The molecular weight excluding hydrogens is 324 g/mol. The Morgan fingerprint density at radius 2 is 0.962 bits per heavy atom. The van der Waals surface area contributed by atoms with E-state index in [9.17, 15) is 0 Å². The highest BCUT2D eigenvalue weighted by Gasteiger charge is 2.78. The Hall–Kier alpha value is -1.68. The molecule has 0 N–H and O–H groups in total. The predicted molar refractivity (Wildman–Crippen MR) is 99.8 cm³/mol. The van der Waals surface area contributed by atoms with E-state index in [4.69, 9.17) is 14.2 Å². The van der Waals surface area contributed by atoms with E-state index < -0.39 is 28.2 Å². The second kappa shape index (κ2) is 4.78. The normalized spacial score (nSPS) is 42.8. The first-order valence-corrected chi connectivity index (χ1v) is 9.46. The third-order valence-electron chi connectivity index (χ3n) is 6.63. The van der Waals surface area contributed by atoms with Gasteiger partial charge in [0.15, 0.2) is 11.6 Å². The maximum atomic E-state index is 6.75. The third-order valence-corrected chi connectivity index (χ3v) is 6.63. The minimum absolute atomic E-state index is 0.411. The van der Waals surface area contributed by atoms with E-state index in [0.717, 1.165) is 0 Å². The molecule has 0 amide bonds. The van der Waals surface area contributed by atoms with Crippen LogP contribution >= 0.6 is 0 Å². The van der Waals surface area contributed by atoms with Gasteiger partial charge in [-0.25, -0.2) is 0 Å². The number of rotatable bonds is 2. The largest absolute Gasteiger partial charge is 0.342 e. The van der Waals surface area contributed by atoms with Crippen molar-refractivity contribution in [2.75, 3.05) is 0 Å². The zero-order chi connectivity index (χ0) is 18.3. The Kier molecular flexibility index (Phi) is 3.03. The summed E-state index contributed by atoms with van der Waals surface area (Å²) in [6.07, 6.45) is 1.38. The smallest absolute Gasteiger partial charge is 0.172 e. The molecule has 4 fully saturated rings. The van der Waals surface area contributed by atoms with Crippen LogP contribution in [0.3, 0.4) is 0 Å². The van der Waals surface area contributed by atoms with E-state index in [-0.39, 0.29) is 0 Å². The van der Waals surface area contributed by atoms with Crippen LogP contribution in [0.5, 0.6) is 0 Å². The van der Waals surface area contributed by atoms with Crippen molar-refractivity contribution in [2.45, 2.75) is 68.7 Å². The molecule has 6 rings (SSSR count). The van der Waals surface area contributed by atoms with Crippen LogP contribution < -0.4 is 0 Å². The SMILES string of the molecule is CC12CC3(C)OC(C)(CC(C)(O1)C3(c1ccccc1)c1ccccc1)O2. The van der Waals surface area contributed by atoms with Crippen LogP contribution in [0.2, 0.25) is 0 Å². The van der Waals surface area contributed by atoms with Crippen molar-refractivity contribution < 1.29 is 14.2 Å². The molecule has 0 spiro atoms. The van der Waals surface area contributed by atoms with Gasteiger partial charge in [-0.15, -0.1) is 0 Å². The molecule has 4 atom stereocenters. The fraction of sp³-hybridized carbons (Fsp3) is 0.478. The average molecular weight is 350 g/mol. The van der Waals surface area contributed by atoms with Crippen molar-refractivity contribution in [1.82, 2.24) is 0 Å². The zero-order valence-corrected chi connectivity index (χ0v) is 15.9. The number of hydrogen-bond donors (Lipinski definition) is 0. The molecule has 4 saturated heterocycles. The highest BCUT2D eigenvalue weighted by Crippen LogP contribution is 2.69. The number of hydrogen-bond acceptors (Lipinski definition) is 3. The summed E-state index contributed by atoms with van der Waals surface area (Å²) in [4.78, 5) is 0. The summed E-state index contributed by atoms with van der Waals surface area (Å²) in [5, 5.41) is 0. The monoisotopic (exact) mass is 350 g/mol. The summed E-state index contributed by atoms with van der Waals surface area (Å²) in [6, 6.07) is 21.4. The maximum Gasteiger partial charge on any atom is 0.172 e. The molecular formula is C23H26O3. The second-order valence-corrected chi connectivity index (χ2v) is 8.87. The molecule has 26 heavy (non-hydrogen) atoms. The summed E-state index contributed by atoms with van der Waals surface area (Å²) in [5.74, 6) is -1.25. The van der Waals surface area contributed by atoms with Crippen molar-refractivity contribution in [3.05, 3.63) is 71.8 Å². The molecule has 4 bridgehead atoms. The molecule has 0 radical (unpaired) electrons. The Labute approximate surface area is 155 Å². The molecule has 3 nitrogen and oxygen atoms in total. The molecule has 4 aliphatic rings. The van der Waals surface area contributed by atoms with Crippen LogP contribution in [0.4, 0.5) is 0 Å². The molecule has 0 aliphatic carbocycles. The highest BCUT2D eigenvalue weighted by molar-refractivity contribution is 5.50. The molecule has 3 heteroatoms. The Morgan fingerprint density at radius 3 is 1.35 bits per heavy atom. The number of benzene rings is 2. The van der Waals surface area contributed by atoms with Gasteiger partial charge in [-0.1, -0.05) is 60.7 Å². The van der Waals surface area contributed by atoms with Gasteiger partial charge >= 0.3 is 0 Å². The lowest BCUT2D eigenvalue weighted by Gasteiger charge is -2.74. The molecule has 0 aromatic heterocycles.